The minimum absolute atomic E-state index is 0.0390. The van der Waals surface area contributed by atoms with Gasteiger partial charge in [0.25, 0.3) is 0 Å². The fourth-order valence-electron chi connectivity index (χ4n) is 2.88. The molecule has 0 aromatic heterocycles. The van der Waals surface area contributed by atoms with Gasteiger partial charge in [0.15, 0.2) is 0 Å². The van der Waals surface area contributed by atoms with Crippen molar-refractivity contribution in [3.63, 3.8) is 0 Å². The van der Waals surface area contributed by atoms with E-state index < -0.39 is 6.10 Å². The number of rotatable bonds is 20. The molecule has 156 valence electrons. The first kappa shape index (κ1) is 25.4. The smallest absolute Gasteiger partial charge is 0.305 e. The number of hydrogen-bond donors (Lipinski definition) is 2. The van der Waals surface area contributed by atoms with E-state index in [1.165, 1.54) is 70.6 Å². The van der Waals surface area contributed by atoms with E-state index in [1.807, 2.05) is 0 Å². The Hall–Kier alpha value is -0.650. The van der Waals surface area contributed by atoms with Crippen molar-refractivity contribution in [3.05, 3.63) is 0 Å². The lowest BCUT2D eigenvalue weighted by Gasteiger charge is -2.11. The van der Waals surface area contributed by atoms with Gasteiger partial charge in [-0.25, -0.2) is 0 Å². The largest absolute Gasteiger partial charge is 0.463 e. The van der Waals surface area contributed by atoms with E-state index in [2.05, 4.69) is 6.92 Å². The normalized spacial score (nSPS) is 12.3. The Morgan fingerprint density at radius 2 is 1.31 bits per heavy atom. The van der Waals surface area contributed by atoms with Gasteiger partial charge >= 0.3 is 5.97 Å². The highest BCUT2D eigenvalue weighted by molar-refractivity contribution is 5.69. The third-order valence-corrected chi connectivity index (χ3v) is 4.47. The predicted molar refractivity (Wildman–Crippen MR) is 105 cm³/mol. The van der Waals surface area contributed by atoms with Gasteiger partial charge in [0, 0.05) is 6.42 Å². The number of unbranched alkanes of at least 4 members (excludes halogenated alkanes) is 12. The van der Waals surface area contributed by atoms with E-state index >= 15 is 0 Å². The molecule has 1 atom stereocenters. The molecule has 0 saturated carbocycles. The van der Waals surface area contributed by atoms with Crippen LogP contribution in [0.1, 0.15) is 96.8 Å². The first-order valence-electron chi connectivity index (χ1n) is 10.7. The highest BCUT2D eigenvalue weighted by atomic mass is 16.5. The number of carbonyl (C=O) groups excluding carboxylic acids is 1. The zero-order valence-electron chi connectivity index (χ0n) is 16.9. The third kappa shape index (κ3) is 19.7. The van der Waals surface area contributed by atoms with Gasteiger partial charge in [-0.3, -0.25) is 4.79 Å². The molecule has 0 heterocycles. The zero-order chi connectivity index (χ0) is 19.3. The Kier molecular flexibility index (Phi) is 20.1. The molecule has 0 saturated heterocycles. The lowest BCUT2D eigenvalue weighted by atomic mass is 10.0. The van der Waals surface area contributed by atoms with Gasteiger partial charge in [-0.15, -0.1) is 0 Å². The van der Waals surface area contributed by atoms with Crippen molar-refractivity contribution < 1.29 is 24.5 Å². The van der Waals surface area contributed by atoms with Gasteiger partial charge in [-0.2, -0.15) is 0 Å². The summed E-state index contributed by atoms with van der Waals surface area (Å²) in [5.41, 5.74) is 0. The van der Waals surface area contributed by atoms with Crippen LogP contribution in [-0.4, -0.2) is 48.7 Å². The summed E-state index contributed by atoms with van der Waals surface area (Å²) in [5, 5.41) is 18.1. The summed E-state index contributed by atoms with van der Waals surface area (Å²) in [5.74, 6) is -0.255. The van der Waals surface area contributed by atoms with Crippen molar-refractivity contribution in [1.82, 2.24) is 0 Å². The lowest BCUT2D eigenvalue weighted by Crippen LogP contribution is -2.24. The van der Waals surface area contributed by atoms with Crippen molar-refractivity contribution in [2.45, 2.75) is 103 Å². The minimum Gasteiger partial charge on any atom is -0.463 e. The molecule has 0 aliphatic rings. The van der Waals surface area contributed by atoms with Crippen LogP contribution < -0.4 is 0 Å². The number of aliphatic hydroxyl groups is 2. The molecule has 0 aliphatic heterocycles. The molecule has 2 N–H and O–H groups in total. The molecule has 0 spiro atoms. The standard InChI is InChI=1S/C21H42O5/c1-2-3-4-5-6-7-8-9-10-11-12-13-14-15-21(24)26-19-20(23)18-25-17-16-22/h20,22-23H,2-19H2,1H3. The summed E-state index contributed by atoms with van der Waals surface area (Å²) < 4.78 is 9.98. The molecule has 0 radical (unpaired) electrons. The van der Waals surface area contributed by atoms with Gasteiger partial charge < -0.3 is 19.7 Å². The van der Waals surface area contributed by atoms with Crippen LogP contribution in [0.15, 0.2) is 0 Å². The maximum Gasteiger partial charge on any atom is 0.305 e. The molecular weight excluding hydrogens is 332 g/mol. The molecule has 5 heteroatoms. The van der Waals surface area contributed by atoms with Crippen molar-refractivity contribution in [2.24, 2.45) is 0 Å². The van der Waals surface area contributed by atoms with E-state index in [1.54, 1.807) is 0 Å². The van der Waals surface area contributed by atoms with Crippen molar-refractivity contribution >= 4 is 5.97 Å². The Balaban J connectivity index is 3.23. The number of esters is 1. The van der Waals surface area contributed by atoms with Crippen LogP contribution in [0.2, 0.25) is 0 Å². The Morgan fingerprint density at radius 3 is 1.81 bits per heavy atom. The summed E-state index contributed by atoms with van der Waals surface area (Å²) in [7, 11) is 0. The Morgan fingerprint density at radius 1 is 0.808 bits per heavy atom. The van der Waals surface area contributed by atoms with Crippen LogP contribution in [0.5, 0.6) is 0 Å². The van der Waals surface area contributed by atoms with Crippen molar-refractivity contribution in [3.8, 4) is 0 Å². The second-order valence-electron chi connectivity index (χ2n) is 7.13. The maximum atomic E-state index is 11.6. The van der Waals surface area contributed by atoms with Crippen LogP contribution in [0.25, 0.3) is 0 Å². The highest BCUT2D eigenvalue weighted by Gasteiger charge is 2.08. The molecular formula is C21H42O5. The number of ether oxygens (including phenoxy) is 2. The Bertz CT molecular complexity index is 296. The van der Waals surface area contributed by atoms with E-state index in [4.69, 9.17) is 14.6 Å². The average Bonchev–Trinajstić information content (AvgIpc) is 2.64. The molecule has 0 bridgehead atoms. The summed E-state index contributed by atoms with van der Waals surface area (Å²) >= 11 is 0. The van der Waals surface area contributed by atoms with Gasteiger partial charge in [0.1, 0.15) is 12.7 Å². The molecule has 0 aromatic rings. The van der Waals surface area contributed by atoms with E-state index in [9.17, 15) is 9.90 Å². The maximum absolute atomic E-state index is 11.6. The summed E-state index contributed by atoms with van der Waals surface area (Å²) in [6, 6.07) is 0. The number of carbonyl (C=O) groups is 1. The summed E-state index contributed by atoms with van der Waals surface area (Å²) in [4.78, 5) is 11.6. The quantitative estimate of drug-likeness (QED) is 0.244. The van der Waals surface area contributed by atoms with Crippen LogP contribution >= 0.6 is 0 Å². The molecule has 1 unspecified atom stereocenters. The monoisotopic (exact) mass is 374 g/mol. The summed E-state index contributed by atoms with van der Waals surface area (Å²) in [6.45, 7) is 2.40. The molecule has 0 rings (SSSR count). The molecule has 0 aromatic carbocycles. The number of aliphatic hydroxyl groups excluding tert-OH is 2. The van der Waals surface area contributed by atoms with Crippen molar-refractivity contribution in [2.75, 3.05) is 26.4 Å². The van der Waals surface area contributed by atoms with Gasteiger partial charge in [-0.05, 0) is 6.42 Å². The Labute approximate surface area is 160 Å². The third-order valence-electron chi connectivity index (χ3n) is 4.47. The van der Waals surface area contributed by atoms with Crippen LogP contribution in [0, 0.1) is 0 Å². The molecule has 26 heavy (non-hydrogen) atoms. The summed E-state index contributed by atoms with van der Waals surface area (Å²) in [6.07, 6.45) is 16.2. The fraction of sp³-hybridized carbons (Fsp3) is 0.952. The SMILES string of the molecule is CCCCCCCCCCCCCCCC(=O)OCC(O)COCCO. The van der Waals surface area contributed by atoms with Gasteiger partial charge in [-0.1, -0.05) is 84.0 Å². The molecule has 0 amide bonds. The van der Waals surface area contributed by atoms with E-state index in [0.717, 1.165) is 12.8 Å². The van der Waals surface area contributed by atoms with Gasteiger partial charge in [0.05, 0.1) is 19.8 Å². The topological polar surface area (TPSA) is 76.0 Å². The zero-order valence-corrected chi connectivity index (χ0v) is 16.9. The first-order chi connectivity index (χ1) is 12.7. The van der Waals surface area contributed by atoms with Crippen LogP contribution in [0.4, 0.5) is 0 Å². The first-order valence-corrected chi connectivity index (χ1v) is 10.7. The lowest BCUT2D eigenvalue weighted by molar-refractivity contribution is -0.148. The fourth-order valence-corrected chi connectivity index (χ4v) is 2.88. The van der Waals surface area contributed by atoms with Gasteiger partial charge in [0.2, 0.25) is 0 Å². The van der Waals surface area contributed by atoms with E-state index in [-0.39, 0.29) is 32.4 Å². The van der Waals surface area contributed by atoms with E-state index in [0.29, 0.717) is 6.42 Å². The second kappa shape index (κ2) is 20.7. The molecule has 0 aliphatic carbocycles. The van der Waals surface area contributed by atoms with Crippen LogP contribution in [0.3, 0.4) is 0 Å². The molecule has 5 nitrogen and oxygen atoms in total. The highest BCUT2D eigenvalue weighted by Crippen LogP contribution is 2.13. The average molecular weight is 375 g/mol. The van der Waals surface area contributed by atoms with Crippen molar-refractivity contribution in [1.29, 1.82) is 0 Å². The predicted octanol–water partition coefficient (Wildman–Crippen LogP) is 4.38. The van der Waals surface area contributed by atoms with Crippen LogP contribution in [-0.2, 0) is 14.3 Å². The molecule has 0 fully saturated rings. The number of hydrogen-bond acceptors (Lipinski definition) is 5. The minimum atomic E-state index is -0.822. The second-order valence-corrected chi connectivity index (χ2v) is 7.13.